The van der Waals surface area contributed by atoms with Crippen LogP contribution in [0.25, 0.3) is 33.4 Å². The summed E-state index contributed by atoms with van der Waals surface area (Å²) in [7, 11) is 0. The first-order valence-electron chi connectivity index (χ1n) is 14.9. The molecule has 0 saturated carbocycles. The van der Waals surface area contributed by atoms with Crippen molar-refractivity contribution in [2.45, 2.75) is 38.4 Å². The van der Waals surface area contributed by atoms with Crippen molar-refractivity contribution in [2.24, 2.45) is 5.73 Å². The van der Waals surface area contributed by atoms with Crippen molar-refractivity contribution in [3.05, 3.63) is 136 Å². The molecule has 2 heterocycles. The number of hydrogen-bond donors (Lipinski definition) is 1. The minimum absolute atomic E-state index is 0.526. The third-order valence-corrected chi connectivity index (χ3v) is 9.99. The van der Waals surface area contributed by atoms with Gasteiger partial charge in [-0.3, -0.25) is 0 Å². The average molecular weight is 639 g/mol. The van der Waals surface area contributed by atoms with Crippen molar-refractivity contribution in [3.8, 4) is 33.4 Å². The molecule has 228 valence electrons. The Kier molecular flexibility index (Phi) is 8.69. The Morgan fingerprint density at radius 1 is 0.600 bits per heavy atom. The molecule has 0 aliphatic carbocycles. The van der Waals surface area contributed by atoms with Gasteiger partial charge in [0.1, 0.15) is 0 Å². The number of benzene rings is 4. The highest BCUT2D eigenvalue weighted by atomic mass is 32.1. The Bertz CT molecular complexity index is 1830. The van der Waals surface area contributed by atoms with Gasteiger partial charge in [-0.25, -0.2) is 0 Å². The second kappa shape index (κ2) is 12.7. The van der Waals surface area contributed by atoms with E-state index in [1.807, 2.05) is 55.6 Å². The molecule has 0 spiro atoms. The van der Waals surface area contributed by atoms with E-state index in [1.54, 1.807) is 17.4 Å². The van der Waals surface area contributed by atoms with Crippen LogP contribution in [0.3, 0.4) is 0 Å². The number of hydrogen-bond acceptors (Lipinski definition) is 4. The van der Waals surface area contributed by atoms with Gasteiger partial charge in [0, 0.05) is 44.4 Å². The Labute approximate surface area is 270 Å². The van der Waals surface area contributed by atoms with Crippen LogP contribution in [0.2, 0.25) is 0 Å². The molecule has 0 aliphatic rings. The third-order valence-electron chi connectivity index (χ3n) is 8.52. The van der Waals surface area contributed by atoms with E-state index < -0.39 is 17.3 Å². The van der Waals surface area contributed by atoms with E-state index in [0.717, 1.165) is 50.4 Å². The van der Waals surface area contributed by atoms with Crippen molar-refractivity contribution in [1.29, 1.82) is 0 Å². The molecular formula is C38H33F3N2S2. The normalized spacial score (nSPS) is 12.0. The molecule has 0 fully saturated rings. The maximum Gasteiger partial charge on any atom is 0.416 e. The number of halogens is 3. The van der Waals surface area contributed by atoms with Gasteiger partial charge in [-0.05, 0) is 82.3 Å². The van der Waals surface area contributed by atoms with Crippen LogP contribution >= 0.6 is 22.7 Å². The monoisotopic (exact) mass is 638 g/mol. The summed E-state index contributed by atoms with van der Waals surface area (Å²) in [5.74, 6) is 0. The van der Waals surface area contributed by atoms with Crippen molar-refractivity contribution in [1.82, 2.24) is 0 Å². The summed E-state index contributed by atoms with van der Waals surface area (Å²) < 4.78 is 41.3. The van der Waals surface area contributed by atoms with E-state index in [-0.39, 0.29) is 0 Å². The van der Waals surface area contributed by atoms with Crippen LogP contribution in [0.15, 0.2) is 125 Å². The number of rotatable bonds is 9. The first-order chi connectivity index (χ1) is 21.7. The fourth-order valence-corrected chi connectivity index (χ4v) is 7.50. The maximum absolute atomic E-state index is 13.8. The Morgan fingerprint density at radius 3 is 1.67 bits per heavy atom. The first kappa shape index (κ1) is 30.8. The summed E-state index contributed by atoms with van der Waals surface area (Å²) in [5, 5.41) is 8.41. The van der Waals surface area contributed by atoms with Gasteiger partial charge in [0.05, 0.1) is 11.3 Å². The minimum atomic E-state index is -4.44. The summed E-state index contributed by atoms with van der Waals surface area (Å²) in [5.41, 5.74) is 14.8. The second-order valence-electron chi connectivity index (χ2n) is 11.1. The van der Waals surface area contributed by atoms with Crippen LogP contribution in [0.5, 0.6) is 0 Å². The summed E-state index contributed by atoms with van der Waals surface area (Å²) in [6.07, 6.45) is -3.39. The average Bonchev–Trinajstić information content (AvgIpc) is 3.76. The lowest BCUT2D eigenvalue weighted by atomic mass is 9.80. The molecule has 2 nitrogen and oxygen atoms in total. The Morgan fingerprint density at radius 2 is 1.11 bits per heavy atom. The lowest BCUT2D eigenvalue weighted by Crippen LogP contribution is -2.36. The lowest BCUT2D eigenvalue weighted by molar-refractivity contribution is -0.137. The predicted molar refractivity (Wildman–Crippen MR) is 185 cm³/mol. The molecule has 0 aliphatic heterocycles. The fourth-order valence-electron chi connectivity index (χ4n) is 5.82. The number of thiophene rings is 2. The zero-order valence-electron chi connectivity index (χ0n) is 25.0. The van der Waals surface area contributed by atoms with E-state index >= 15 is 0 Å². The molecule has 0 amide bonds. The van der Waals surface area contributed by atoms with Gasteiger partial charge in [-0.1, -0.05) is 80.6 Å². The fraction of sp³-hybridized carbons (Fsp3) is 0.158. The van der Waals surface area contributed by atoms with E-state index in [9.17, 15) is 13.2 Å². The largest absolute Gasteiger partial charge is 0.416 e. The SMILES string of the molecule is CCC(N)(CC)c1cc(C(F)(F)F)ccc1-c1cscc1-c1ccc(-c2cscc2N(c2ccccc2)c2ccccc2)cc1. The van der Waals surface area contributed by atoms with Crippen LogP contribution in [0, 0.1) is 0 Å². The van der Waals surface area contributed by atoms with Gasteiger partial charge >= 0.3 is 6.18 Å². The van der Waals surface area contributed by atoms with Crippen LogP contribution < -0.4 is 10.6 Å². The molecule has 4 aromatic carbocycles. The van der Waals surface area contributed by atoms with Crippen molar-refractivity contribution in [2.75, 3.05) is 4.90 Å². The van der Waals surface area contributed by atoms with Gasteiger partial charge in [-0.2, -0.15) is 24.5 Å². The predicted octanol–water partition coefficient (Wildman–Crippen LogP) is 12.3. The number of nitrogens with zero attached hydrogens (tertiary/aromatic N) is 1. The molecule has 0 atom stereocenters. The minimum Gasteiger partial charge on any atom is -0.321 e. The van der Waals surface area contributed by atoms with Crippen LogP contribution in [0.4, 0.5) is 30.2 Å². The summed E-state index contributed by atoms with van der Waals surface area (Å²) in [4.78, 5) is 2.27. The van der Waals surface area contributed by atoms with Gasteiger partial charge in [0.25, 0.3) is 0 Å². The number of anilines is 3. The van der Waals surface area contributed by atoms with Crippen molar-refractivity contribution < 1.29 is 13.2 Å². The highest BCUT2D eigenvalue weighted by Gasteiger charge is 2.35. The van der Waals surface area contributed by atoms with Gasteiger partial charge in [0.2, 0.25) is 0 Å². The molecule has 0 bridgehead atoms. The van der Waals surface area contributed by atoms with E-state index in [4.69, 9.17) is 5.73 Å². The molecule has 7 heteroatoms. The highest BCUT2D eigenvalue weighted by molar-refractivity contribution is 7.09. The van der Waals surface area contributed by atoms with E-state index in [0.29, 0.717) is 18.4 Å². The third kappa shape index (κ3) is 6.08. The summed E-state index contributed by atoms with van der Waals surface area (Å²) in [6, 6.07) is 33.1. The van der Waals surface area contributed by atoms with Crippen LogP contribution in [-0.2, 0) is 11.7 Å². The van der Waals surface area contributed by atoms with Crippen molar-refractivity contribution in [3.63, 3.8) is 0 Å². The molecule has 6 rings (SSSR count). The zero-order valence-corrected chi connectivity index (χ0v) is 26.6. The Hall–Kier alpha value is -4.17. The van der Waals surface area contributed by atoms with Gasteiger partial charge in [-0.15, -0.1) is 11.3 Å². The smallest absolute Gasteiger partial charge is 0.321 e. The summed E-state index contributed by atoms with van der Waals surface area (Å²) >= 11 is 3.20. The molecule has 0 unspecified atom stereocenters. The number of para-hydroxylation sites is 2. The molecule has 2 aromatic heterocycles. The maximum atomic E-state index is 13.8. The number of nitrogens with two attached hydrogens (primary N) is 1. The standard InChI is InChI=1S/C38H33F3N2S2/c1-3-37(42,4-2)35-21-28(38(39,40)41)19-20-31(35)34-24-44-22-32(34)26-15-17-27(18-16-26)33-23-45-25-36(33)43(29-11-7-5-8-12-29)30-13-9-6-10-14-30/h5-25H,3-4,42H2,1-2H3. The van der Waals surface area contributed by atoms with Crippen LogP contribution in [0.1, 0.15) is 37.8 Å². The second-order valence-corrected chi connectivity index (χ2v) is 12.6. The Balaban J connectivity index is 1.40. The van der Waals surface area contributed by atoms with E-state index in [2.05, 4.69) is 69.6 Å². The van der Waals surface area contributed by atoms with Gasteiger partial charge in [0.15, 0.2) is 0 Å². The molecule has 0 radical (unpaired) electrons. The molecule has 2 N–H and O–H groups in total. The quantitative estimate of drug-likeness (QED) is 0.171. The van der Waals surface area contributed by atoms with Gasteiger partial charge < -0.3 is 10.6 Å². The molecule has 45 heavy (non-hydrogen) atoms. The number of alkyl halides is 3. The molecular weight excluding hydrogens is 606 g/mol. The lowest BCUT2D eigenvalue weighted by Gasteiger charge is -2.31. The topological polar surface area (TPSA) is 29.3 Å². The molecule has 6 aromatic rings. The zero-order chi connectivity index (χ0) is 31.6. The van der Waals surface area contributed by atoms with Crippen LogP contribution in [-0.4, -0.2) is 0 Å². The van der Waals surface area contributed by atoms with E-state index in [1.165, 1.54) is 23.5 Å². The van der Waals surface area contributed by atoms with Crippen molar-refractivity contribution >= 4 is 39.7 Å². The highest BCUT2D eigenvalue weighted by Crippen LogP contribution is 2.45. The molecule has 0 saturated heterocycles. The summed E-state index contributed by atoms with van der Waals surface area (Å²) in [6.45, 7) is 3.85. The first-order valence-corrected chi connectivity index (χ1v) is 16.8.